The SMILES string of the molecule is CC1(C)CN(C(=O)c2cccc(Nc3ccccc3)c2)CCC1N.Cl. The molecule has 1 saturated heterocycles. The summed E-state index contributed by atoms with van der Waals surface area (Å²) in [6.45, 7) is 5.68. The largest absolute Gasteiger partial charge is 0.356 e. The van der Waals surface area contributed by atoms with Crippen LogP contribution in [-0.2, 0) is 0 Å². The van der Waals surface area contributed by atoms with Gasteiger partial charge >= 0.3 is 0 Å². The molecule has 1 aliphatic rings. The third-order valence-corrected chi connectivity index (χ3v) is 4.77. The maximum absolute atomic E-state index is 12.9. The highest BCUT2D eigenvalue weighted by atomic mass is 35.5. The number of carbonyl (C=O) groups excluding carboxylic acids is 1. The topological polar surface area (TPSA) is 58.4 Å². The molecule has 4 nitrogen and oxygen atoms in total. The van der Waals surface area contributed by atoms with Crippen LogP contribution in [0.5, 0.6) is 0 Å². The zero-order valence-corrected chi connectivity index (χ0v) is 15.6. The van der Waals surface area contributed by atoms with E-state index >= 15 is 0 Å². The van der Waals surface area contributed by atoms with Gasteiger partial charge < -0.3 is 16.0 Å². The Kier molecular flexibility index (Phi) is 6.09. The Morgan fingerprint density at radius 1 is 1.12 bits per heavy atom. The first-order valence-electron chi connectivity index (χ1n) is 8.43. The summed E-state index contributed by atoms with van der Waals surface area (Å²) in [5.74, 6) is 0.0756. The highest BCUT2D eigenvalue weighted by Crippen LogP contribution is 2.29. The molecular weight excluding hydrogens is 334 g/mol. The maximum atomic E-state index is 12.9. The number of halogens is 1. The van der Waals surface area contributed by atoms with E-state index in [0.717, 1.165) is 24.3 Å². The Morgan fingerprint density at radius 3 is 2.48 bits per heavy atom. The molecule has 0 saturated carbocycles. The van der Waals surface area contributed by atoms with E-state index in [0.29, 0.717) is 12.1 Å². The van der Waals surface area contributed by atoms with E-state index in [1.165, 1.54) is 0 Å². The van der Waals surface area contributed by atoms with Crippen molar-refractivity contribution in [1.29, 1.82) is 0 Å². The lowest BCUT2D eigenvalue weighted by Crippen LogP contribution is -2.54. The fourth-order valence-corrected chi connectivity index (χ4v) is 3.15. The number of carbonyl (C=O) groups is 1. The number of nitrogens with one attached hydrogen (secondary N) is 1. The van der Waals surface area contributed by atoms with Crippen molar-refractivity contribution in [2.75, 3.05) is 18.4 Å². The van der Waals surface area contributed by atoms with Gasteiger partial charge in [-0.05, 0) is 42.2 Å². The molecule has 0 aliphatic carbocycles. The molecule has 3 rings (SSSR count). The first kappa shape index (κ1) is 19.3. The third kappa shape index (κ3) is 4.53. The standard InChI is InChI=1S/C20H25N3O.ClH/c1-20(2)14-23(12-11-18(20)21)19(24)15-7-6-10-17(13-15)22-16-8-4-3-5-9-16;/h3-10,13,18,22H,11-12,14,21H2,1-2H3;1H. The van der Waals surface area contributed by atoms with Gasteiger partial charge in [-0.25, -0.2) is 0 Å². The molecule has 25 heavy (non-hydrogen) atoms. The van der Waals surface area contributed by atoms with Crippen molar-refractivity contribution in [3.8, 4) is 0 Å². The summed E-state index contributed by atoms with van der Waals surface area (Å²) in [5.41, 5.74) is 8.76. The van der Waals surface area contributed by atoms with E-state index in [2.05, 4.69) is 19.2 Å². The lowest BCUT2D eigenvalue weighted by Gasteiger charge is -2.42. The summed E-state index contributed by atoms with van der Waals surface area (Å²) < 4.78 is 0. The van der Waals surface area contributed by atoms with E-state index in [-0.39, 0.29) is 29.8 Å². The number of para-hydroxylation sites is 1. The zero-order chi connectivity index (χ0) is 17.2. The van der Waals surface area contributed by atoms with E-state index in [1.807, 2.05) is 59.5 Å². The molecule has 1 amide bonds. The van der Waals surface area contributed by atoms with E-state index in [1.54, 1.807) is 0 Å². The van der Waals surface area contributed by atoms with Crippen LogP contribution in [0.2, 0.25) is 0 Å². The number of piperidine rings is 1. The van der Waals surface area contributed by atoms with Crippen molar-refractivity contribution < 1.29 is 4.79 Å². The first-order valence-corrected chi connectivity index (χ1v) is 8.43. The molecule has 2 aromatic carbocycles. The number of nitrogens with zero attached hydrogens (tertiary/aromatic N) is 1. The first-order chi connectivity index (χ1) is 11.5. The van der Waals surface area contributed by atoms with Crippen LogP contribution in [0.25, 0.3) is 0 Å². The van der Waals surface area contributed by atoms with Crippen LogP contribution in [0.1, 0.15) is 30.6 Å². The fourth-order valence-electron chi connectivity index (χ4n) is 3.15. The van der Waals surface area contributed by atoms with Crippen LogP contribution < -0.4 is 11.1 Å². The Labute approximate surface area is 155 Å². The number of benzene rings is 2. The molecule has 3 N–H and O–H groups in total. The zero-order valence-electron chi connectivity index (χ0n) is 14.7. The van der Waals surface area contributed by atoms with Crippen LogP contribution in [0.4, 0.5) is 11.4 Å². The minimum atomic E-state index is -0.0478. The quantitative estimate of drug-likeness (QED) is 0.869. The summed E-state index contributed by atoms with van der Waals surface area (Å²) in [4.78, 5) is 14.8. The van der Waals surface area contributed by atoms with E-state index in [9.17, 15) is 4.79 Å². The number of nitrogens with two attached hydrogens (primary N) is 1. The average molecular weight is 360 g/mol. The fraction of sp³-hybridized carbons (Fsp3) is 0.350. The smallest absolute Gasteiger partial charge is 0.253 e. The summed E-state index contributed by atoms with van der Waals surface area (Å²) >= 11 is 0. The van der Waals surface area contributed by atoms with Crippen molar-refractivity contribution in [2.45, 2.75) is 26.3 Å². The molecule has 0 radical (unpaired) electrons. The molecule has 1 aliphatic heterocycles. The van der Waals surface area contributed by atoms with Gasteiger partial charge in [0.2, 0.25) is 0 Å². The maximum Gasteiger partial charge on any atom is 0.253 e. The average Bonchev–Trinajstić information content (AvgIpc) is 2.58. The summed E-state index contributed by atoms with van der Waals surface area (Å²) in [5, 5.41) is 3.33. The van der Waals surface area contributed by atoms with Crippen molar-refractivity contribution in [3.05, 3.63) is 60.2 Å². The van der Waals surface area contributed by atoms with Crippen molar-refractivity contribution in [3.63, 3.8) is 0 Å². The monoisotopic (exact) mass is 359 g/mol. The molecule has 1 heterocycles. The number of likely N-dealkylation sites (tertiary alicyclic amines) is 1. The summed E-state index contributed by atoms with van der Waals surface area (Å²) in [7, 11) is 0. The van der Waals surface area contributed by atoms with Gasteiger partial charge in [0.25, 0.3) is 5.91 Å². The lowest BCUT2D eigenvalue weighted by molar-refractivity contribution is 0.0533. The number of amides is 1. The molecular formula is C20H26ClN3O. The van der Waals surface area contributed by atoms with Crippen LogP contribution in [-0.4, -0.2) is 29.9 Å². The van der Waals surface area contributed by atoms with Crippen molar-refractivity contribution >= 4 is 29.7 Å². The van der Waals surface area contributed by atoms with Crippen LogP contribution >= 0.6 is 12.4 Å². The highest BCUT2D eigenvalue weighted by Gasteiger charge is 2.35. The molecule has 0 spiro atoms. The van der Waals surface area contributed by atoms with E-state index < -0.39 is 0 Å². The van der Waals surface area contributed by atoms with Gasteiger partial charge in [-0.1, -0.05) is 38.1 Å². The van der Waals surface area contributed by atoms with Gasteiger partial charge in [0.1, 0.15) is 0 Å². The molecule has 0 bridgehead atoms. The Bertz CT molecular complexity index is 718. The Hall–Kier alpha value is -2.04. The van der Waals surface area contributed by atoms with Crippen molar-refractivity contribution in [2.24, 2.45) is 11.1 Å². The van der Waals surface area contributed by atoms with Crippen LogP contribution in [0.15, 0.2) is 54.6 Å². The van der Waals surface area contributed by atoms with Crippen LogP contribution in [0, 0.1) is 5.41 Å². The molecule has 2 aromatic rings. The minimum Gasteiger partial charge on any atom is -0.356 e. The summed E-state index contributed by atoms with van der Waals surface area (Å²) in [6.07, 6.45) is 0.848. The highest BCUT2D eigenvalue weighted by molar-refractivity contribution is 5.95. The Balaban J connectivity index is 0.00000225. The van der Waals surface area contributed by atoms with E-state index in [4.69, 9.17) is 5.73 Å². The number of hydrogen-bond acceptors (Lipinski definition) is 3. The molecule has 1 unspecified atom stereocenters. The van der Waals surface area contributed by atoms with Crippen molar-refractivity contribution in [1.82, 2.24) is 4.90 Å². The van der Waals surface area contributed by atoms with Gasteiger partial charge in [-0.15, -0.1) is 12.4 Å². The van der Waals surface area contributed by atoms with Gasteiger partial charge in [-0.3, -0.25) is 4.79 Å². The van der Waals surface area contributed by atoms with Gasteiger partial charge in [0.05, 0.1) is 0 Å². The minimum absolute atomic E-state index is 0. The van der Waals surface area contributed by atoms with Crippen LogP contribution in [0.3, 0.4) is 0 Å². The molecule has 0 aromatic heterocycles. The Morgan fingerprint density at radius 2 is 1.80 bits per heavy atom. The molecule has 1 atom stereocenters. The second-order valence-electron chi connectivity index (χ2n) is 7.18. The third-order valence-electron chi connectivity index (χ3n) is 4.77. The normalized spacial score (nSPS) is 19.0. The molecule has 5 heteroatoms. The van der Waals surface area contributed by atoms with Gasteiger partial charge in [0, 0.05) is 36.1 Å². The number of anilines is 2. The van der Waals surface area contributed by atoms with Gasteiger partial charge in [-0.2, -0.15) is 0 Å². The predicted molar refractivity (Wildman–Crippen MR) is 106 cm³/mol. The lowest BCUT2D eigenvalue weighted by atomic mass is 9.79. The second kappa shape index (κ2) is 7.89. The molecule has 1 fully saturated rings. The molecule has 134 valence electrons. The summed E-state index contributed by atoms with van der Waals surface area (Å²) in [6, 6.07) is 17.8. The van der Waals surface area contributed by atoms with Gasteiger partial charge in [0.15, 0.2) is 0 Å². The number of rotatable bonds is 3. The second-order valence-corrected chi connectivity index (χ2v) is 7.18. The number of hydrogen-bond donors (Lipinski definition) is 2. The predicted octanol–water partition coefficient (Wildman–Crippen LogP) is 4.05.